The van der Waals surface area contributed by atoms with Crippen LogP contribution in [-0.2, 0) is 6.42 Å². The Balaban J connectivity index is 0.00000450. The van der Waals surface area contributed by atoms with E-state index in [1.165, 1.54) is 5.56 Å². The first kappa shape index (κ1) is 26.0. The second kappa shape index (κ2) is 14.9. The minimum Gasteiger partial charge on any atom is -0.497 e. The van der Waals surface area contributed by atoms with Crippen molar-refractivity contribution >= 4 is 29.9 Å². The van der Waals surface area contributed by atoms with Gasteiger partial charge in [-0.1, -0.05) is 24.3 Å². The second-order valence-electron chi connectivity index (χ2n) is 6.74. The van der Waals surface area contributed by atoms with Crippen molar-refractivity contribution in [2.75, 3.05) is 33.9 Å². The van der Waals surface area contributed by atoms with Crippen molar-refractivity contribution in [2.45, 2.75) is 32.3 Å². The number of unbranched alkanes of at least 4 members (excludes halogenated alkanes) is 1. The molecule has 6 nitrogen and oxygen atoms in total. The quantitative estimate of drug-likeness (QED) is 0.179. The molecule has 3 N–H and O–H groups in total. The van der Waals surface area contributed by atoms with Crippen LogP contribution in [0.1, 0.15) is 37.0 Å². The van der Waals surface area contributed by atoms with Gasteiger partial charge < -0.3 is 25.2 Å². The molecule has 0 spiro atoms. The summed E-state index contributed by atoms with van der Waals surface area (Å²) in [6.07, 6.45) is 2.52. The monoisotopic (exact) mass is 527 g/mol. The molecule has 2 aromatic carbocycles. The van der Waals surface area contributed by atoms with Crippen LogP contribution in [0.5, 0.6) is 11.5 Å². The van der Waals surface area contributed by atoms with Crippen LogP contribution < -0.4 is 20.1 Å². The predicted octanol–water partition coefficient (Wildman–Crippen LogP) is 3.93. The van der Waals surface area contributed by atoms with Crippen molar-refractivity contribution in [3.05, 3.63) is 59.7 Å². The fourth-order valence-corrected chi connectivity index (χ4v) is 2.90. The number of guanidine groups is 1. The third-order valence-corrected chi connectivity index (χ3v) is 4.61. The van der Waals surface area contributed by atoms with Gasteiger partial charge in [0, 0.05) is 13.1 Å². The van der Waals surface area contributed by atoms with Crippen molar-refractivity contribution in [2.24, 2.45) is 4.99 Å². The summed E-state index contributed by atoms with van der Waals surface area (Å²) in [6, 6.07) is 15.6. The molecule has 0 aliphatic carbocycles. The van der Waals surface area contributed by atoms with Crippen LogP contribution in [0.15, 0.2) is 53.5 Å². The number of hydrogen-bond donors (Lipinski definition) is 3. The van der Waals surface area contributed by atoms with Crippen molar-refractivity contribution in [3.8, 4) is 11.5 Å². The van der Waals surface area contributed by atoms with Crippen molar-refractivity contribution in [1.29, 1.82) is 0 Å². The van der Waals surface area contributed by atoms with Gasteiger partial charge in [-0.2, -0.15) is 0 Å². The summed E-state index contributed by atoms with van der Waals surface area (Å²) in [5.74, 6) is 2.39. The number of nitrogens with zero attached hydrogens (tertiary/aromatic N) is 1. The molecular formula is C23H34IN3O3. The van der Waals surface area contributed by atoms with Gasteiger partial charge in [-0.15, -0.1) is 24.0 Å². The highest BCUT2D eigenvalue weighted by Crippen LogP contribution is 2.17. The smallest absolute Gasteiger partial charge is 0.191 e. The predicted molar refractivity (Wildman–Crippen MR) is 133 cm³/mol. The van der Waals surface area contributed by atoms with Gasteiger partial charge in [-0.3, -0.25) is 4.99 Å². The van der Waals surface area contributed by atoms with Crippen LogP contribution in [0.2, 0.25) is 0 Å². The zero-order chi connectivity index (χ0) is 20.9. The maximum Gasteiger partial charge on any atom is 0.191 e. The molecule has 0 amide bonds. The molecule has 1 unspecified atom stereocenters. The molecule has 166 valence electrons. The van der Waals surface area contributed by atoms with Gasteiger partial charge in [0.05, 0.1) is 26.9 Å². The Hall–Kier alpha value is -2.00. The van der Waals surface area contributed by atoms with E-state index in [1.807, 2.05) is 43.3 Å². The van der Waals surface area contributed by atoms with E-state index in [1.54, 1.807) is 14.2 Å². The van der Waals surface area contributed by atoms with E-state index < -0.39 is 6.10 Å². The van der Waals surface area contributed by atoms with Crippen LogP contribution in [0, 0.1) is 0 Å². The maximum atomic E-state index is 10.4. The van der Waals surface area contributed by atoms with Gasteiger partial charge in [-0.05, 0) is 61.6 Å². The van der Waals surface area contributed by atoms with Crippen molar-refractivity contribution < 1.29 is 14.6 Å². The number of methoxy groups -OCH3 is 2. The topological polar surface area (TPSA) is 75.1 Å². The first-order chi connectivity index (χ1) is 14.2. The summed E-state index contributed by atoms with van der Waals surface area (Å²) in [6.45, 7) is 3.94. The average Bonchev–Trinajstić information content (AvgIpc) is 2.77. The van der Waals surface area contributed by atoms with Crippen LogP contribution >= 0.6 is 24.0 Å². The number of benzene rings is 2. The fraction of sp³-hybridized carbons (Fsp3) is 0.435. The van der Waals surface area contributed by atoms with Gasteiger partial charge in [-0.25, -0.2) is 0 Å². The number of nitrogens with one attached hydrogen (secondary N) is 2. The van der Waals surface area contributed by atoms with Gasteiger partial charge in [0.2, 0.25) is 0 Å². The number of aliphatic hydroxyl groups is 1. The molecule has 30 heavy (non-hydrogen) atoms. The van der Waals surface area contributed by atoms with Crippen LogP contribution in [0.25, 0.3) is 0 Å². The van der Waals surface area contributed by atoms with Gasteiger partial charge in [0.15, 0.2) is 5.96 Å². The Bertz CT molecular complexity index is 736. The molecule has 0 heterocycles. The largest absolute Gasteiger partial charge is 0.497 e. The lowest BCUT2D eigenvalue weighted by Gasteiger charge is -2.13. The zero-order valence-corrected chi connectivity index (χ0v) is 20.4. The number of aryl methyl sites for hydroxylation is 1. The van der Waals surface area contributed by atoms with Crippen LogP contribution in [0.3, 0.4) is 0 Å². The highest BCUT2D eigenvalue weighted by atomic mass is 127. The first-order valence-electron chi connectivity index (χ1n) is 10.1. The summed E-state index contributed by atoms with van der Waals surface area (Å²) >= 11 is 0. The fourth-order valence-electron chi connectivity index (χ4n) is 2.90. The Morgan fingerprint density at radius 1 is 0.933 bits per heavy atom. The van der Waals surface area contributed by atoms with Crippen LogP contribution in [-0.4, -0.2) is 44.9 Å². The van der Waals surface area contributed by atoms with E-state index in [0.717, 1.165) is 55.4 Å². The lowest BCUT2D eigenvalue weighted by Crippen LogP contribution is -2.38. The van der Waals surface area contributed by atoms with Gasteiger partial charge >= 0.3 is 0 Å². The molecule has 0 bridgehead atoms. The molecule has 0 saturated heterocycles. The third kappa shape index (κ3) is 9.21. The molecule has 0 saturated carbocycles. The summed E-state index contributed by atoms with van der Waals surface area (Å²) in [4.78, 5) is 4.51. The van der Waals surface area contributed by atoms with Crippen molar-refractivity contribution in [3.63, 3.8) is 0 Å². The lowest BCUT2D eigenvalue weighted by atomic mass is 10.1. The zero-order valence-electron chi connectivity index (χ0n) is 18.1. The molecule has 0 aliphatic rings. The number of aliphatic hydroxyl groups excluding tert-OH is 1. The Kier molecular flexibility index (Phi) is 12.9. The standard InChI is InChI=1S/C23H33N3O3.HI/c1-4-24-23(26-17-22(27)19-10-14-21(29-3)15-11-19)25-16-6-5-7-18-8-12-20(28-2)13-9-18;/h8-15,22,27H,4-7,16-17H2,1-3H3,(H2,24,25,26);1H. The number of aliphatic imine (C=N–C) groups is 1. The molecule has 0 aromatic heterocycles. The van der Waals surface area contributed by atoms with Crippen LogP contribution in [0.4, 0.5) is 0 Å². The normalized spacial score (nSPS) is 11.9. The highest BCUT2D eigenvalue weighted by Gasteiger charge is 2.08. The minimum absolute atomic E-state index is 0. The summed E-state index contributed by atoms with van der Waals surface area (Å²) in [5.41, 5.74) is 2.14. The first-order valence-corrected chi connectivity index (χ1v) is 10.1. The van der Waals surface area contributed by atoms with E-state index in [0.29, 0.717) is 6.54 Å². The van der Waals surface area contributed by atoms with Gasteiger partial charge in [0.25, 0.3) is 0 Å². The molecule has 0 aliphatic heterocycles. The van der Waals surface area contributed by atoms with E-state index in [4.69, 9.17) is 9.47 Å². The molecule has 0 fully saturated rings. The minimum atomic E-state index is -0.647. The summed E-state index contributed by atoms with van der Waals surface area (Å²) in [7, 11) is 3.31. The van der Waals surface area contributed by atoms with Crippen molar-refractivity contribution in [1.82, 2.24) is 10.6 Å². The van der Waals surface area contributed by atoms with E-state index >= 15 is 0 Å². The molecule has 2 rings (SSSR count). The van der Waals surface area contributed by atoms with E-state index in [2.05, 4.69) is 27.8 Å². The summed E-state index contributed by atoms with van der Waals surface area (Å²) in [5, 5.41) is 16.9. The average molecular weight is 527 g/mol. The summed E-state index contributed by atoms with van der Waals surface area (Å²) < 4.78 is 10.3. The Morgan fingerprint density at radius 3 is 2.10 bits per heavy atom. The molecule has 0 radical (unpaired) electrons. The molecular weight excluding hydrogens is 493 g/mol. The molecule has 1 atom stereocenters. The lowest BCUT2D eigenvalue weighted by molar-refractivity contribution is 0.187. The number of rotatable bonds is 11. The maximum absolute atomic E-state index is 10.4. The van der Waals surface area contributed by atoms with E-state index in [9.17, 15) is 5.11 Å². The van der Waals surface area contributed by atoms with E-state index in [-0.39, 0.29) is 24.0 Å². The number of hydrogen-bond acceptors (Lipinski definition) is 4. The Labute approximate surface area is 197 Å². The van der Waals surface area contributed by atoms with Gasteiger partial charge in [0.1, 0.15) is 11.5 Å². The molecule has 7 heteroatoms. The SMILES string of the molecule is CCNC(=NCC(O)c1ccc(OC)cc1)NCCCCc1ccc(OC)cc1.I. The second-order valence-corrected chi connectivity index (χ2v) is 6.74. The Morgan fingerprint density at radius 2 is 1.53 bits per heavy atom. The molecule has 2 aromatic rings. The highest BCUT2D eigenvalue weighted by molar-refractivity contribution is 14.0. The third-order valence-electron chi connectivity index (χ3n) is 4.61. The number of ether oxygens (including phenoxy) is 2. The number of halogens is 1.